The second kappa shape index (κ2) is 66.7. The molecule has 1 atom stereocenters. The number of carbonyl (C=O) groups excluding carboxylic acids is 3. The van der Waals surface area contributed by atoms with Crippen molar-refractivity contribution >= 4 is 17.9 Å². The van der Waals surface area contributed by atoms with Crippen LogP contribution in [0.4, 0.5) is 0 Å². The highest BCUT2D eigenvalue weighted by molar-refractivity contribution is 5.71. The Morgan fingerprint density at radius 2 is 0.429 bits per heavy atom. The minimum Gasteiger partial charge on any atom is -0.462 e. The third-order valence-corrected chi connectivity index (χ3v) is 16.3. The number of carbonyl (C=O) groups is 3. The molecule has 0 radical (unpaired) electrons. The van der Waals surface area contributed by atoms with Crippen LogP contribution in [0, 0.1) is 0 Å². The molecule has 0 aromatic heterocycles. The van der Waals surface area contributed by atoms with Crippen molar-refractivity contribution in [3.8, 4) is 0 Å². The van der Waals surface area contributed by atoms with Crippen molar-refractivity contribution in [2.24, 2.45) is 0 Å². The molecule has 0 saturated heterocycles. The van der Waals surface area contributed by atoms with Crippen LogP contribution in [-0.2, 0) is 28.6 Å². The molecule has 456 valence electrons. The van der Waals surface area contributed by atoms with Gasteiger partial charge in [0.25, 0.3) is 0 Å². The first-order valence-corrected chi connectivity index (χ1v) is 35.2. The normalized spacial score (nSPS) is 12.0. The average Bonchev–Trinajstić information content (AvgIpc) is 3.43. The summed E-state index contributed by atoms with van der Waals surface area (Å²) in [6, 6.07) is 0. The maximum atomic E-state index is 12.9. The van der Waals surface area contributed by atoms with Crippen LogP contribution < -0.4 is 0 Å². The highest BCUT2D eigenvalue weighted by atomic mass is 16.6. The van der Waals surface area contributed by atoms with Gasteiger partial charge in [-0.25, -0.2) is 0 Å². The van der Waals surface area contributed by atoms with Crippen LogP contribution in [0.3, 0.4) is 0 Å². The number of ether oxygens (including phenoxy) is 3. The Bertz CT molecular complexity index is 1200. The third-order valence-electron chi connectivity index (χ3n) is 16.3. The summed E-state index contributed by atoms with van der Waals surface area (Å²) >= 11 is 0. The van der Waals surface area contributed by atoms with Crippen LogP contribution in [0.15, 0.2) is 12.2 Å². The standard InChI is InChI=1S/C71H136O6/c1-4-7-10-13-16-19-22-25-28-31-33-34-35-36-37-38-41-43-46-49-52-55-58-61-64-70(73)76-67-68(66-75-69(72)63-60-57-54-51-48-45-42-39-30-27-24-21-18-15-12-9-6-3)77-71(74)65-62-59-56-53-50-47-44-40-32-29-26-23-20-17-14-11-8-5-2/h29,32,68H,4-28,30-31,33-67H2,1-3H3/b32-29-. The van der Waals surface area contributed by atoms with E-state index >= 15 is 0 Å². The smallest absolute Gasteiger partial charge is 0.306 e. The van der Waals surface area contributed by atoms with E-state index in [1.54, 1.807) is 0 Å². The molecule has 0 aliphatic heterocycles. The Labute approximate surface area is 481 Å². The van der Waals surface area contributed by atoms with E-state index < -0.39 is 6.10 Å². The highest BCUT2D eigenvalue weighted by Gasteiger charge is 2.19. The zero-order chi connectivity index (χ0) is 55.7. The van der Waals surface area contributed by atoms with Gasteiger partial charge >= 0.3 is 17.9 Å². The summed E-state index contributed by atoms with van der Waals surface area (Å²) in [7, 11) is 0. The maximum absolute atomic E-state index is 12.9. The van der Waals surface area contributed by atoms with E-state index in [1.165, 1.54) is 308 Å². The minimum atomic E-state index is -0.769. The van der Waals surface area contributed by atoms with Crippen LogP contribution in [0.5, 0.6) is 0 Å². The van der Waals surface area contributed by atoms with Gasteiger partial charge in [0.2, 0.25) is 0 Å². The molecular weight excluding hydrogens is 949 g/mol. The maximum Gasteiger partial charge on any atom is 0.306 e. The molecule has 77 heavy (non-hydrogen) atoms. The zero-order valence-electron chi connectivity index (χ0n) is 52.5. The molecule has 0 aliphatic rings. The predicted molar refractivity (Wildman–Crippen MR) is 335 cm³/mol. The highest BCUT2D eigenvalue weighted by Crippen LogP contribution is 2.19. The van der Waals surface area contributed by atoms with Crippen molar-refractivity contribution in [2.45, 2.75) is 412 Å². The van der Waals surface area contributed by atoms with Crippen molar-refractivity contribution in [3.63, 3.8) is 0 Å². The van der Waals surface area contributed by atoms with Gasteiger partial charge in [0.1, 0.15) is 13.2 Å². The molecule has 0 heterocycles. The van der Waals surface area contributed by atoms with Crippen LogP contribution in [0.2, 0.25) is 0 Å². The largest absolute Gasteiger partial charge is 0.462 e. The summed E-state index contributed by atoms with van der Waals surface area (Å²) in [5.74, 6) is -0.833. The number of hydrogen-bond donors (Lipinski definition) is 0. The zero-order valence-corrected chi connectivity index (χ0v) is 52.5. The number of unbranched alkanes of at least 4 members (excludes halogenated alkanes) is 53. The summed E-state index contributed by atoms with van der Waals surface area (Å²) < 4.78 is 17.0. The number of allylic oxidation sites excluding steroid dienone is 2. The summed E-state index contributed by atoms with van der Waals surface area (Å²) in [6.07, 6.45) is 79.5. The summed E-state index contributed by atoms with van der Waals surface area (Å²) in [5, 5.41) is 0. The Morgan fingerprint density at radius 1 is 0.247 bits per heavy atom. The molecular formula is C71H136O6. The van der Waals surface area contributed by atoms with Gasteiger partial charge in [-0.1, -0.05) is 354 Å². The molecule has 6 nitrogen and oxygen atoms in total. The fourth-order valence-electron chi connectivity index (χ4n) is 11.0. The van der Waals surface area contributed by atoms with Crippen LogP contribution in [0.1, 0.15) is 406 Å². The monoisotopic (exact) mass is 1090 g/mol. The van der Waals surface area contributed by atoms with Crippen LogP contribution in [0.25, 0.3) is 0 Å². The lowest BCUT2D eigenvalue weighted by molar-refractivity contribution is -0.167. The van der Waals surface area contributed by atoms with Gasteiger partial charge in [0.05, 0.1) is 0 Å². The fourth-order valence-corrected chi connectivity index (χ4v) is 11.0. The molecule has 0 aromatic carbocycles. The molecule has 0 spiro atoms. The van der Waals surface area contributed by atoms with Crippen molar-refractivity contribution in [2.75, 3.05) is 13.2 Å². The Kier molecular flexibility index (Phi) is 65.1. The molecule has 1 unspecified atom stereocenters. The van der Waals surface area contributed by atoms with Gasteiger partial charge in [-0.15, -0.1) is 0 Å². The molecule has 0 fully saturated rings. The first kappa shape index (κ1) is 75.2. The second-order valence-electron chi connectivity index (χ2n) is 24.2. The molecule has 0 aromatic rings. The van der Waals surface area contributed by atoms with E-state index in [1.807, 2.05) is 0 Å². The molecule has 0 amide bonds. The number of rotatable bonds is 66. The van der Waals surface area contributed by atoms with E-state index in [2.05, 4.69) is 32.9 Å². The van der Waals surface area contributed by atoms with E-state index in [9.17, 15) is 14.4 Å². The summed E-state index contributed by atoms with van der Waals surface area (Å²) in [6.45, 7) is 6.73. The van der Waals surface area contributed by atoms with Crippen molar-refractivity contribution < 1.29 is 28.6 Å². The van der Waals surface area contributed by atoms with Crippen LogP contribution in [-0.4, -0.2) is 37.2 Å². The Hall–Kier alpha value is -1.85. The van der Waals surface area contributed by atoms with Gasteiger partial charge in [-0.3, -0.25) is 14.4 Å². The first-order chi connectivity index (χ1) is 38.0. The summed E-state index contributed by atoms with van der Waals surface area (Å²) in [4.78, 5) is 38.4. The van der Waals surface area contributed by atoms with Gasteiger partial charge in [0.15, 0.2) is 6.10 Å². The van der Waals surface area contributed by atoms with E-state index in [0.29, 0.717) is 19.3 Å². The van der Waals surface area contributed by atoms with Crippen molar-refractivity contribution in [3.05, 3.63) is 12.2 Å². The fraction of sp³-hybridized carbons (Fsp3) is 0.930. The number of hydrogen-bond acceptors (Lipinski definition) is 6. The molecule has 0 rings (SSSR count). The molecule has 0 bridgehead atoms. The first-order valence-electron chi connectivity index (χ1n) is 35.2. The molecule has 0 saturated carbocycles. The molecule has 0 aliphatic carbocycles. The quantitative estimate of drug-likeness (QED) is 0.0261. The Balaban J connectivity index is 4.26. The lowest BCUT2D eigenvalue weighted by Gasteiger charge is -2.18. The predicted octanol–water partition coefficient (Wildman–Crippen LogP) is 24.0. The number of esters is 3. The summed E-state index contributed by atoms with van der Waals surface area (Å²) in [5.41, 5.74) is 0. The average molecular weight is 1090 g/mol. The van der Waals surface area contributed by atoms with Gasteiger partial charge in [-0.2, -0.15) is 0 Å². The lowest BCUT2D eigenvalue weighted by Crippen LogP contribution is -2.30. The van der Waals surface area contributed by atoms with Gasteiger partial charge < -0.3 is 14.2 Å². The van der Waals surface area contributed by atoms with Crippen molar-refractivity contribution in [1.29, 1.82) is 0 Å². The molecule has 6 heteroatoms. The SMILES string of the molecule is CCCCCCCCC/C=C\CCCCCCCCCC(=O)OC(COC(=O)CCCCCCCCCCCCCCCCCCC)COC(=O)CCCCCCCCCCCCCCCCCCCCCCCCCC. The third kappa shape index (κ3) is 64.9. The van der Waals surface area contributed by atoms with E-state index in [-0.39, 0.29) is 31.1 Å². The minimum absolute atomic E-state index is 0.0648. The van der Waals surface area contributed by atoms with Gasteiger partial charge in [-0.05, 0) is 44.9 Å². The topological polar surface area (TPSA) is 78.9 Å². The lowest BCUT2D eigenvalue weighted by atomic mass is 10.0. The molecule has 0 N–H and O–H groups in total. The van der Waals surface area contributed by atoms with Crippen molar-refractivity contribution in [1.82, 2.24) is 0 Å². The van der Waals surface area contributed by atoms with Gasteiger partial charge in [0, 0.05) is 19.3 Å². The van der Waals surface area contributed by atoms with E-state index in [4.69, 9.17) is 14.2 Å². The second-order valence-corrected chi connectivity index (χ2v) is 24.2. The van der Waals surface area contributed by atoms with E-state index in [0.717, 1.165) is 57.8 Å². The Morgan fingerprint density at radius 3 is 0.649 bits per heavy atom. The van der Waals surface area contributed by atoms with Crippen LogP contribution >= 0.6 is 0 Å².